The lowest BCUT2D eigenvalue weighted by atomic mass is 10.3. The van der Waals surface area contributed by atoms with Crippen molar-refractivity contribution in [2.24, 2.45) is 0 Å². The molecule has 0 spiro atoms. The molecule has 1 nitrogen and oxygen atoms in total. The van der Waals surface area contributed by atoms with E-state index in [1.807, 2.05) is 0 Å². The monoisotopic (exact) mass is 172 g/mol. The van der Waals surface area contributed by atoms with E-state index in [2.05, 4.69) is 5.92 Å². The first-order valence-electron chi connectivity index (χ1n) is 2.57. The van der Waals surface area contributed by atoms with E-state index in [1.165, 1.54) is 11.3 Å². The summed E-state index contributed by atoms with van der Waals surface area (Å²) in [5.41, 5.74) is 0.720. The van der Waals surface area contributed by atoms with Crippen LogP contribution < -0.4 is 4.74 Å². The predicted molar refractivity (Wildman–Crippen MR) is 43.8 cm³/mol. The van der Waals surface area contributed by atoms with Crippen molar-refractivity contribution in [1.82, 2.24) is 0 Å². The quantitative estimate of drug-likeness (QED) is 0.592. The molecule has 0 saturated carbocycles. The second-order valence-electron chi connectivity index (χ2n) is 1.60. The predicted octanol–water partition coefficient (Wildman–Crippen LogP) is 2.39. The molecule has 10 heavy (non-hydrogen) atoms. The first kappa shape index (κ1) is 7.46. The molecule has 0 N–H and O–H groups in total. The van der Waals surface area contributed by atoms with Crippen molar-refractivity contribution in [3.63, 3.8) is 0 Å². The van der Waals surface area contributed by atoms with Gasteiger partial charge >= 0.3 is 0 Å². The van der Waals surface area contributed by atoms with Gasteiger partial charge in [0.15, 0.2) is 5.75 Å². The van der Waals surface area contributed by atoms with E-state index in [4.69, 9.17) is 22.8 Å². The zero-order chi connectivity index (χ0) is 7.56. The summed E-state index contributed by atoms with van der Waals surface area (Å²) < 4.78 is 5.55. The van der Waals surface area contributed by atoms with Gasteiger partial charge in [-0.05, 0) is 0 Å². The highest BCUT2D eigenvalue weighted by Gasteiger charge is 2.06. The van der Waals surface area contributed by atoms with E-state index in [1.54, 1.807) is 12.5 Å². The third kappa shape index (κ3) is 1.11. The van der Waals surface area contributed by atoms with Crippen LogP contribution in [0.5, 0.6) is 5.75 Å². The first-order chi connectivity index (χ1) is 4.79. The largest absolute Gasteiger partial charge is 0.493 e. The number of hydrogen-bond acceptors (Lipinski definition) is 2. The minimum atomic E-state index is 0.606. The van der Waals surface area contributed by atoms with E-state index in [-0.39, 0.29) is 0 Å². The Balaban J connectivity index is 3.16. The highest BCUT2D eigenvalue weighted by molar-refractivity contribution is 7.15. The van der Waals surface area contributed by atoms with Crippen LogP contribution in [0.2, 0.25) is 4.34 Å². The van der Waals surface area contributed by atoms with Gasteiger partial charge in [-0.25, -0.2) is 0 Å². The number of rotatable bonds is 1. The lowest BCUT2D eigenvalue weighted by Gasteiger charge is -1.95. The van der Waals surface area contributed by atoms with Crippen molar-refractivity contribution in [3.05, 3.63) is 15.3 Å². The van der Waals surface area contributed by atoms with Gasteiger partial charge in [-0.1, -0.05) is 17.5 Å². The van der Waals surface area contributed by atoms with Crippen LogP contribution in [0.4, 0.5) is 0 Å². The molecule has 0 atom stereocenters. The van der Waals surface area contributed by atoms with E-state index in [0.29, 0.717) is 10.1 Å². The van der Waals surface area contributed by atoms with Gasteiger partial charge in [-0.2, -0.15) is 0 Å². The normalized spacial score (nSPS) is 8.90. The summed E-state index contributed by atoms with van der Waals surface area (Å²) in [6.07, 6.45) is 5.16. The fourth-order valence-electron chi connectivity index (χ4n) is 0.613. The smallest absolute Gasteiger partial charge is 0.163 e. The molecule has 52 valence electrons. The molecule has 0 aliphatic heterocycles. The van der Waals surface area contributed by atoms with Crippen LogP contribution in [0.25, 0.3) is 0 Å². The third-order valence-corrected chi connectivity index (χ3v) is 2.25. The standard InChI is InChI=1S/C7H5ClOS/c1-3-5-4-10-7(8)6(5)9-2/h1,4H,2H3. The molecule has 0 unspecified atom stereocenters. The van der Waals surface area contributed by atoms with Crippen LogP contribution in [0.3, 0.4) is 0 Å². The van der Waals surface area contributed by atoms with Gasteiger partial charge in [-0.3, -0.25) is 0 Å². The number of ether oxygens (including phenoxy) is 1. The fraction of sp³-hybridized carbons (Fsp3) is 0.143. The lowest BCUT2D eigenvalue weighted by Crippen LogP contribution is -1.82. The van der Waals surface area contributed by atoms with Crippen molar-refractivity contribution < 1.29 is 4.74 Å². The van der Waals surface area contributed by atoms with Gasteiger partial charge in [0.1, 0.15) is 4.34 Å². The van der Waals surface area contributed by atoms with Gasteiger partial charge in [0.2, 0.25) is 0 Å². The Bertz CT molecular complexity index is 272. The van der Waals surface area contributed by atoms with Gasteiger partial charge in [0.25, 0.3) is 0 Å². The van der Waals surface area contributed by atoms with E-state index in [9.17, 15) is 0 Å². The number of methoxy groups -OCH3 is 1. The molecule has 0 fully saturated rings. The maximum atomic E-state index is 5.72. The van der Waals surface area contributed by atoms with Crippen LogP contribution in [0.1, 0.15) is 5.56 Å². The highest BCUT2D eigenvalue weighted by atomic mass is 35.5. The van der Waals surface area contributed by atoms with Gasteiger partial charge in [0, 0.05) is 5.38 Å². The fourth-order valence-corrected chi connectivity index (χ4v) is 1.62. The van der Waals surface area contributed by atoms with Crippen LogP contribution in [-0.4, -0.2) is 7.11 Å². The summed E-state index contributed by atoms with van der Waals surface area (Å²) in [5.74, 6) is 3.07. The molecule has 0 saturated heterocycles. The summed E-state index contributed by atoms with van der Waals surface area (Å²) in [7, 11) is 1.55. The maximum absolute atomic E-state index is 5.72. The van der Waals surface area contributed by atoms with E-state index < -0.39 is 0 Å². The SMILES string of the molecule is C#Cc1csc(Cl)c1OC. The minimum Gasteiger partial charge on any atom is -0.493 e. The molecule has 1 aromatic heterocycles. The van der Waals surface area contributed by atoms with Crippen molar-refractivity contribution in [3.8, 4) is 18.1 Å². The maximum Gasteiger partial charge on any atom is 0.163 e. The lowest BCUT2D eigenvalue weighted by molar-refractivity contribution is 0.416. The molecule has 0 amide bonds. The molecular formula is C7H5ClOS. The second kappa shape index (κ2) is 2.96. The number of halogens is 1. The molecule has 3 heteroatoms. The highest BCUT2D eigenvalue weighted by Crippen LogP contribution is 2.34. The van der Waals surface area contributed by atoms with Crippen molar-refractivity contribution in [1.29, 1.82) is 0 Å². The number of terminal acetylenes is 1. The Morgan fingerprint density at radius 2 is 2.50 bits per heavy atom. The van der Waals surface area contributed by atoms with E-state index >= 15 is 0 Å². The number of hydrogen-bond donors (Lipinski definition) is 0. The van der Waals surface area contributed by atoms with Gasteiger partial charge in [0.05, 0.1) is 12.7 Å². The average Bonchev–Trinajstić information content (AvgIpc) is 2.30. The van der Waals surface area contributed by atoms with Crippen molar-refractivity contribution in [2.45, 2.75) is 0 Å². The third-order valence-electron chi connectivity index (χ3n) is 1.06. The molecule has 1 rings (SSSR count). The van der Waals surface area contributed by atoms with Crippen LogP contribution in [0.15, 0.2) is 5.38 Å². The van der Waals surface area contributed by atoms with Crippen molar-refractivity contribution >= 4 is 22.9 Å². The number of thiophene rings is 1. The zero-order valence-corrected chi connectivity index (χ0v) is 6.92. The molecule has 0 bridgehead atoms. The Morgan fingerprint density at radius 3 is 2.90 bits per heavy atom. The summed E-state index contributed by atoms with van der Waals surface area (Å²) in [5, 5.41) is 1.79. The summed E-state index contributed by atoms with van der Waals surface area (Å²) in [6, 6.07) is 0. The molecule has 0 aromatic carbocycles. The van der Waals surface area contributed by atoms with Gasteiger partial charge < -0.3 is 4.74 Å². The molecule has 1 aromatic rings. The van der Waals surface area contributed by atoms with Gasteiger partial charge in [-0.15, -0.1) is 17.8 Å². The Labute approximate surface area is 68.6 Å². The van der Waals surface area contributed by atoms with Crippen molar-refractivity contribution in [2.75, 3.05) is 7.11 Å². The zero-order valence-electron chi connectivity index (χ0n) is 5.35. The second-order valence-corrected chi connectivity index (χ2v) is 3.08. The topological polar surface area (TPSA) is 9.23 Å². The average molecular weight is 173 g/mol. The molecule has 0 radical (unpaired) electrons. The minimum absolute atomic E-state index is 0.606. The molecule has 0 aliphatic rings. The Kier molecular flexibility index (Phi) is 2.21. The van der Waals surface area contributed by atoms with Crippen LogP contribution in [-0.2, 0) is 0 Å². The van der Waals surface area contributed by atoms with E-state index in [0.717, 1.165) is 5.56 Å². The summed E-state index contributed by atoms with van der Waals surface area (Å²) >= 11 is 7.10. The summed E-state index contributed by atoms with van der Waals surface area (Å²) in [6.45, 7) is 0. The molecule has 1 heterocycles. The first-order valence-corrected chi connectivity index (χ1v) is 3.83. The Morgan fingerprint density at radius 1 is 1.80 bits per heavy atom. The summed E-state index contributed by atoms with van der Waals surface area (Å²) in [4.78, 5) is 0. The molecule has 0 aliphatic carbocycles. The van der Waals surface area contributed by atoms with Crippen LogP contribution >= 0.6 is 22.9 Å². The molecular weight excluding hydrogens is 168 g/mol. The Hall–Kier alpha value is -0.650. The van der Waals surface area contributed by atoms with Crippen LogP contribution in [0, 0.1) is 12.3 Å².